The summed E-state index contributed by atoms with van der Waals surface area (Å²) < 4.78 is 0. The summed E-state index contributed by atoms with van der Waals surface area (Å²) in [7, 11) is 1.75. The van der Waals surface area contributed by atoms with Crippen LogP contribution in [0, 0.1) is 6.92 Å². The van der Waals surface area contributed by atoms with Gasteiger partial charge < -0.3 is 10.2 Å². The zero-order chi connectivity index (χ0) is 14.2. The Kier molecular flexibility index (Phi) is 3.13. The van der Waals surface area contributed by atoms with E-state index in [0.29, 0.717) is 17.5 Å². The number of carbonyl (C=O) groups is 2. The molecule has 1 fully saturated rings. The van der Waals surface area contributed by atoms with E-state index < -0.39 is 5.54 Å². The van der Waals surface area contributed by atoms with Crippen molar-refractivity contribution in [3.63, 3.8) is 0 Å². The molecule has 0 atom stereocenters. The van der Waals surface area contributed by atoms with Gasteiger partial charge in [0.2, 0.25) is 5.91 Å². The Morgan fingerprint density at radius 1 is 1.37 bits per heavy atom. The van der Waals surface area contributed by atoms with Gasteiger partial charge in [-0.3, -0.25) is 14.9 Å². The highest BCUT2D eigenvalue weighted by Gasteiger charge is 2.41. The van der Waals surface area contributed by atoms with E-state index in [1.165, 1.54) is 0 Å². The van der Waals surface area contributed by atoms with Crippen LogP contribution in [0.4, 0.5) is 11.6 Å². The number of amides is 2. The molecular formula is C12H17N5O2. The molecule has 1 saturated heterocycles. The maximum absolute atomic E-state index is 11.9. The number of nitrogens with zero attached hydrogens (tertiary/aromatic N) is 3. The van der Waals surface area contributed by atoms with Crippen molar-refractivity contribution < 1.29 is 9.59 Å². The van der Waals surface area contributed by atoms with E-state index in [1.807, 2.05) is 0 Å². The lowest BCUT2D eigenvalue weighted by Crippen LogP contribution is -2.64. The van der Waals surface area contributed by atoms with Gasteiger partial charge in [-0.2, -0.15) is 0 Å². The fraction of sp³-hybridized carbons (Fsp3) is 0.500. The van der Waals surface area contributed by atoms with Gasteiger partial charge >= 0.3 is 0 Å². The molecule has 2 heterocycles. The summed E-state index contributed by atoms with van der Waals surface area (Å²) in [5.41, 5.74) is -0.834. The van der Waals surface area contributed by atoms with Gasteiger partial charge in [0.05, 0.1) is 6.54 Å². The van der Waals surface area contributed by atoms with Crippen LogP contribution < -0.4 is 15.5 Å². The van der Waals surface area contributed by atoms with Crippen LogP contribution >= 0.6 is 0 Å². The molecule has 0 aromatic carbocycles. The monoisotopic (exact) mass is 263 g/mol. The van der Waals surface area contributed by atoms with Crippen LogP contribution in [0.25, 0.3) is 0 Å². The molecule has 2 amide bonds. The first kappa shape index (κ1) is 13.3. The summed E-state index contributed by atoms with van der Waals surface area (Å²) in [6.45, 7) is 5.37. The molecule has 0 unspecified atom stereocenters. The van der Waals surface area contributed by atoms with Crippen LogP contribution in [0.5, 0.6) is 0 Å². The summed E-state index contributed by atoms with van der Waals surface area (Å²) in [5.74, 6) is 1.13. The standard InChI is InChI=1S/C12H17N5O2/c1-7-14-8(13-4)5-9(15-7)17-6-10(18)16-11(19)12(17,2)3/h5H,6H2,1-4H3,(H,13,14,15)(H,16,18,19). The van der Waals surface area contributed by atoms with E-state index in [-0.39, 0.29) is 18.4 Å². The Labute approximate surface area is 111 Å². The number of imide groups is 1. The molecular weight excluding hydrogens is 246 g/mol. The third-order valence-corrected chi connectivity index (χ3v) is 3.14. The molecule has 2 N–H and O–H groups in total. The zero-order valence-electron chi connectivity index (χ0n) is 11.4. The first-order valence-electron chi connectivity index (χ1n) is 6.00. The van der Waals surface area contributed by atoms with Crippen LogP contribution in [0.15, 0.2) is 6.07 Å². The van der Waals surface area contributed by atoms with Gasteiger partial charge in [0, 0.05) is 13.1 Å². The number of rotatable bonds is 2. The molecule has 19 heavy (non-hydrogen) atoms. The van der Waals surface area contributed by atoms with Crippen molar-refractivity contribution >= 4 is 23.5 Å². The van der Waals surface area contributed by atoms with Gasteiger partial charge in [0.1, 0.15) is 23.0 Å². The molecule has 1 aromatic rings. The van der Waals surface area contributed by atoms with Crippen LogP contribution in [-0.4, -0.2) is 40.9 Å². The Balaban J connectivity index is 2.46. The number of hydrogen-bond donors (Lipinski definition) is 2. The van der Waals surface area contributed by atoms with E-state index in [1.54, 1.807) is 38.8 Å². The van der Waals surface area contributed by atoms with Gasteiger partial charge in [-0.25, -0.2) is 9.97 Å². The minimum atomic E-state index is -0.834. The number of aryl methyl sites for hydroxylation is 1. The van der Waals surface area contributed by atoms with Crippen LogP contribution in [0.3, 0.4) is 0 Å². The highest BCUT2D eigenvalue weighted by atomic mass is 16.2. The third-order valence-electron chi connectivity index (χ3n) is 3.14. The van der Waals surface area contributed by atoms with E-state index in [2.05, 4.69) is 20.6 Å². The summed E-state index contributed by atoms with van der Waals surface area (Å²) in [6, 6.07) is 1.72. The van der Waals surface area contributed by atoms with Gasteiger partial charge in [0.25, 0.3) is 5.91 Å². The Morgan fingerprint density at radius 3 is 2.68 bits per heavy atom. The van der Waals surface area contributed by atoms with Crippen molar-refractivity contribution in [2.24, 2.45) is 0 Å². The summed E-state index contributed by atoms with van der Waals surface area (Å²) >= 11 is 0. The fourth-order valence-corrected chi connectivity index (χ4v) is 1.97. The van der Waals surface area contributed by atoms with Gasteiger partial charge in [0.15, 0.2) is 0 Å². The van der Waals surface area contributed by atoms with Crippen molar-refractivity contribution in [3.8, 4) is 0 Å². The molecule has 1 aliphatic heterocycles. The molecule has 1 aromatic heterocycles. The Morgan fingerprint density at radius 2 is 2.05 bits per heavy atom. The van der Waals surface area contributed by atoms with E-state index in [9.17, 15) is 9.59 Å². The second kappa shape index (κ2) is 4.49. The lowest BCUT2D eigenvalue weighted by Gasteiger charge is -2.41. The number of nitrogens with one attached hydrogen (secondary N) is 2. The molecule has 0 aliphatic carbocycles. The number of aromatic nitrogens is 2. The van der Waals surface area contributed by atoms with Crippen LogP contribution in [-0.2, 0) is 9.59 Å². The lowest BCUT2D eigenvalue weighted by atomic mass is 9.99. The second-order valence-electron chi connectivity index (χ2n) is 4.93. The molecule has 0 saturated carbocycles. The first-order chi connectivity index (χ1) is 8.84. The Bertz CT molecular complexity index is 541. The number of carbonyl (C=O) groups excluding carboxylic acids is 2. The highest BCUT2D eigenvalue weighted by molar-refractivity contribution is 6.06. The van der Waals surface area contributed by atoms with Crippen LogP contribution in [0.1, 0.15) is 19.7 Å². The minimum Gasteiger partial charge on any atom is -0.373 e. The van der Waals surface area contributed by atoms with Crippen molar-refractivity contribution in [3.05, 3.63) is 11.9 Å². The average molecular weight is 263 g/mol. The largest absolute Gasteiger partial charge is 0.373 e. The van der Waals surface area contributed by atoms with Crippen molar-refractivity contribution in [1.82, 2.24) is 15.3 Å². The van der Waals surface area contributed by atoms with Gasteiger partial charge in [-0.1, -0.05) is 0 Å². The fourth-order valence-electron chi connectivity index (χ4n) is 1.97. The third kappa shape index (κ3) is 2.35. The topological polar surface area (TPSA) is 87.2 Å². The quantitative estimate of drug-likeness (QED) is 0.734. The smallest absolute Gasteiger partial charge is 0.251 e. The van der Waals surface area contributed by atoms with E-state index in [4.69, 9.17) is 0 Å². The van der Waals surface area contributed by atoms with E-state index in [0.717, 1.165) is 0 Å². The van der Waals surface area contributed by atoms with Crippen molar-refractivity contribution in [1.29, 1.82) is 0 Å². The molecule has 0 bridgehead atoms. The van der Waals surface area contributed by atoms with E-state index >= 15 is 0 Å². The zero-order valence-corrected chi connectivity index (χ0v) is 11.4. The summed E-state index contributed by atoms with van der Waals surface area (Å²) in [5, 5.41) is 5.27. The minimum absolute atomic E-state index is 0.0956. The molecule has 7 nitrogen and oxygen atoms in total. The molecule has 0 spiro atoms. The Hall–Kier alpha value is -2.18. The van der Waals surface area contributed by atoms with Crippen molar-refractivity contribution in [2.75, 3.05) is 23.8 Å². The maximum atomic E-state index is 11.9. The second-order valence-corrected chi connectivity index (χ2v) is 4.93. The first-order valence-corrected chi connectivity index (χ1v) is 6.00. The summed E-state index contributed by atoms with van der Waals surface area (Å²) in [6.07, 6.45) is 0. The predicted octanol–water partition coefficient (Wildman–Crippen LogP) is 0.0681. The highest BCUT2D eigenvalue weighted by Crippen LogP contribution is 2.26. The average Bonchev–Trinajstić information content (AvgIpc) is 2.33. The number of piperazine rings is 1. The SMILES string of the molecule is CNc1cc(N2CC(=O)NC(=O)C2(C)C)nc(C)n1. The van der Waals surface area contributed by atoms with Crippen molar-refractivity contribution in [2.45, 2.75) is 26.3 Å². The van der Waals surface area contributed by atoms with Gasteiger partial charge in [-0.05, 0) is 20.8 Å². The molecule has 2 rings (SSSR count). The van der Waals surface area contributed by atoms with Crippen LogP contribution in [0.2, 0.25) is 0 Å². The number of hydrogen-bond acceptors (Lipinski definition) is 6. The molecule has 7 heteroatoms. The molecule has 1 aliphatic rings. The number of anilines is 2. The molecule has 102 valence electrons. The lowest BCUT2D eigenvalue weighted by molar-refractivity contribution is -0.135. The maximum Gasteiger partial charge on any atom is 0.251 e. The van der Waals surface area contributed by atoms with Gasteiger partial charge in [-0.15, -0.1) is 0 Å². The molecule has 0 radical (unpaired) electrons. The normalized spacial score (nSPS) is 18.2. The predicted molar refractivity (Wildman–Crippen MR) is 70.9 cm³/mol. The summed E-state index contributed by atoms with van der Waals surface area (Å²) in [4.78, 5) is 33.7.